The van der Waals surface area contributed by atoms with Crippen LogP contribution in [0.25, 0.3) is 0 Å². The fraction of sp³-hybridized carbons (Fsp3) is 1.00. The Kier molecular flexibility index (Phi) is 5.05. The summed E-state index contributed by atoms with van der Waals surface area (Å²) in [7, 11) is 1.85. The Morgan fingerprint density at radius 1 is 1.17 bits per heavy atom. The standard InChI is InChI=1S/C15H29NO2/c1-12-4-5-14(10-13(12)2)16-11-15(17-3)6-8-18-9-7-15/h12-14,16H,4-11H2,1-3H3/t12-,13-,14-/m1/s1. The van der Waals surface area contributed by atoms with Crippen molar-refractivity contribution in [3.05, 3.63) is 0 Å². The van der Waals surface area contributed by atoms with Crippen LogP contribution in [0.1, 0.15) is 46.0 Å². The van der Waals surface area contributed by atoms with Gasteiger partial charge in [0, 0.05) is 45.8 Å². The molecule has 1 saturated carbocycles. The lowest BCUT2D eigenvalue weighted by Crippen LogP contribution is -2.50. The van der Waals surface area contributed by atoms with Crippen LogP contribution in [0.4, 0.5) is 0 Å². The lowest BCUT2D eigenvalue weighted by molar-refractivity contribution is -0.0893. The molecule has 3 nitrogen and oxygen atoms in total. The van der Waals surface area contributed by atoms with Gasteiger partial charge in [0.1, 0.15) is 0 Å². The third-order valence-electron chi connectivity index (χ3n) is 5.15. The first-order valence-corrected chi connectivity index (χ1v) is 7.51. The zero-order chi connectivity index (χ0) is 13.0. The van der Waals surface area contributed by atoms with Gasteiger partial charge in [-0.1, -0.05) is 13.8 Å². The van der Waals surface area contributed by atoms with Crippen molar-refractivity contribution in [2.45, 2.75) is 57.6 Å². The van der Waals surface area contributed by atoms with E-state index in [2.05, 4.69) is 19.2 Å². The molecule has 0 amide bonds. The molecule has 1 heterocycles. The minimum Gasteiger partial charge on any atom is -0.381 e. The molecule has 2 fully saturated rings. The highest BCUT2D eigenvalue weighted by atomic mass is 16.5. The summed E-state index contributed by atoms with van der Waals surface area (Å²) in [5.41, 5.74) is 0.0184. The molecule has 0 radical (unpaired) electrons. The van der Waals surface area contributed by atoms with Crippen molar-refractivity contribution in [2.24, 2.45) is 11.8 Å². The first-order chi connectivity index (χ1) is 8.65. The number of ether oxygens (including phenoxy) is 2. The van der Waals surface area contributed by atoms with E-state index in [0.717, 1.165) is 44.4 Å². The van der Waals surface area contributed by atoms with Gasteiger partial charge in [0.25, 0.3) is 0 Å². The lowest BCUT2D eigenvalue weighted by atomic mass is 9.79. The van der Waals surface area contributed by atoms with Gasteiger partial charge in [-0.3, -0.25) is 0 Å². The van der Waals surface area contributed by atoms with Gasteiger partial charge in [-0.2, -0.15) is 0 Å². The first-order valence-electron chi connectivity index (χ1n) is 7.51. The van der Waals surface area contributed by atoms with Gasteiger partial charge in [-0.05, 0) is 31.1 Å². The van der Waals surface area contributed by atoms with Gasteiger partial charge < -0.3 is 14.8 Å². The molecule has 0 aromatic heterocycles. The maximum Gasteiger partial charge on any atom is 0.0846 e. The summed E-state index contributed by atoms with van der Waals surface area (Å²) in [5.74, 6) is 1.74. The Morgan fingerprint density at radius 3 is 2.50 bits per heavy atom. The molecule has 0 spiro atoms. The highest BCUT2D eigenvalue weighted by Gasteiger charge is 2.33. The van der Waals surface area contributed by atoms with Crippen LogP contribution >= 0.6 is 0 Å². The SMILES string of the molecule is COC1(CN[C@@H]2CC[C@@H](C)[C@H](C)C2)CCOCC1. The average molecular weight is 255 g/mol. The van der Waals surface area contributed by atoms with Crippen LogP contribution in [0.3, 0.4) is 0 Å². The van der Waals surface area contributed by atoms with Crippen LogP contribution in [-0.4, -0.2) is 38.5 Å². The molecule has 0 unspecified atom stereocenters. The number of nitrogens with one attached hydrogen (secondary N) is 1. The lowest BCUT2D eigenvalue weighted by Gasteiger charge is -2.39. The van der Waals surface area contributed by atoms with Crippen LogP contribution in [0.2, 0.25) is 0 Å². The van der Waals surface area contributed by atoms with Gasteiger partial charge in [0.2, 0.25) is 0 Å². The van der Waals surface area contributed by atoms with Crippen LogP contribution in [-0.2, 0) is 9.47 Å². The Morgan fingerprint density at radius 2 is 1.89 bits per heavy atom. The van der Waals surface area contributed by atoms with Crippen LogP contribution in [0, 0.1) is 11.8 Å². The molecule has 1 N–H and O–H groups in total. The van der Waals surface area contributed by atoms with Crippen LogP contribution in [0.5, 0.6) is 0 Å². The van der Waals surface area contributed by atoms with Crippen molar-refractivity contribution in [3.63, 3.8) is 0 Å². The predicted octanol–water partition coefficient (Wildman–Crippen LogP) is 2.60. The summed E-state index contributed by atoms with van der Waals surface area (Å²) in [5, 5.41) is 3.75. The minimum atomic E-state index is 0.0184. The number of rotatable bonds is 4. The number of hydrogen-bond acceptors (Lipinski definition) is 3. The molecular weight excluding hydrogens is 226 g/mol. The Balaban J connectivity index is 1.79. The van der Waals surface area contributed by atoms with E-state index in [1.54, 1.807) is 0 Å². The fourth-order valence-electron chi connectivity index (χ4n) is 3.26. The van der Waals surface area contributed by atoms with E-state index in [1.165, 1.54) is 19.3 Å². The second-order valence-corrected chi connectivity index (χ2v) is 6.34. The second-order valence-electron chi connectivity index (χ2n) is 6.34. The van der Waals surface area contributed by atoms with Crippen molar-refractivity contribution in [1.82, 2.24) is 5.32 Å². The van der Waals surface area contributed by atoms with Crippen molar-refractivity contribution in [1.29, 1.82) is 0 Å². The maximum atomic E-state index is 5.78. The minimum absolute atomic E-state index is 0.0184. The fourth-order valence-corrected chi connectivity index (χ4v) is 3.26. The van der Waals surface area contributed by atoms with Gasteiger partial charge in [-0.15, -0.1) is 0 Å². The summed E-state index contributed by atoms with van der Waals surface area (Å²) in [6.07, 6.45) is 6.05. The zero-order valence-corrected chi connectivity index (χ0v) is 12.2. The maximum absolute atomic E-state index is 5.78. The van der Waals surface area contributed by atoms with Crippen LogP contribution < -0.4 is 5.32 Å². The van der Waals surface area contributed by atoms with E-state index in [9.17, 15) is 0 Å². The highest BCUT2D eigenvalue weighted by molar-refractivity contribution is 4.88. The van der Waals surface area contributed by atoms with E-state index in [0.29, 0.717) is 6.04 Å². The van der Waals surface area contributed by atoms with Crippen molar-refractivity contribution in [2.75, 3.05) is 26.9 Å². The van der Waals surface area contributed by atoms with E-state index in [4.69, 9.17) is 9.47 Å². The summed E-state index contributed by atoms with van der Waals surface area (Å²) in [4.78, 5) is 0. The van der Waals surface area contributed by atoms with Crippen molar-refractivity contribution in [3.8, 4) is 0 Å². The molecule has 3 atom stereocenters. The summed E-state index contributed by atoms with van der Waals surface area (Å²) in [6, 6.07) is 0.686. The molecule has 1 aliphatic carbocycles. The summed E-state index contributed by atoms with van der Waals surface area (Å²) in [6.45, 7) is 7.44. The normalized spacial score (nSPS) is 36.5. The van der Waals surface area contributed by atoms with Gasteiger partial charge >= 0.3 is 0 Å². The van der Waals surface area contributed by atoms with Gasteiger partial charge in [0.05, 0.1) is 5.60 Å². The average Bonchev–Trinajstić information content (AvgIpc) is 2.41. The molecule has 2 aliphatic rings. The van der Waals surface area contributed by atoms with Crippen LogP contribution in [0.15, 0.2) is 0 Å². The Hall–Kier alpha value is -0.120. The van der Waals surface area contributed by atoms with Crippen molar-refractivity contribution < 1.29 is 9.47 Å². The molecule has 2 rings (SSSR count). The molecule has 1 saturated heterocycles. The quantitative estimate of drug-likeness (QED) is 0.837. The van der Waals surface area contributed by atoms with E-state index >= 15 is 0 Å². The topological polar surface area (TPSA) is 30.5 Å². The number of hydrogen-bond donors (Lipinski definition) is 1. The monoisotopic (exact) mass is 255 g/mol. The largest absolute Gasteiger partial charge is 0.381 e. The second kappa shape index (κ2) is 6.36. The molecule has 0 bridgehead atoms. The highest BCUT2D eigenvalue weighted by Crippen LogP contribution is 2.30. The van der Waals surface area contributed by atoms with Crippen molar-refractivity contribution >= 4 is 0 Å². The van der Waals surface area contributed by atoms with E-state index in [1.807, 2.05) is 7.11 Å². The third-order valence-corrected chi connectivity index (χ3v) is 5.15. The van der Waals surface area contributed by atoms with E-state index in [-0.39, 0.29) is 5.60 Å². The Labute approximate surface area is 112 Å². The third kappa shape index (κ3) is 3.46. The summed E-state index contributed by atoms with van der Waals surface area (Å²) >= 11 is 0. The molecule has 1 aliphatic heterocycles. The molecule has 106 valence electrons. The molecule has 0 aromatic carbocycles. The summed E-state index contributed by atoms with van der Waals surface area (Å²) < 4.78 is 11.2. The van der Waals surface area contributed by atoms with Gasteiger partial charge in [0.15, 0.2) is 0 Å². The first kappa shape index (κ1) is 14.3. The zero-order valence-electron chi connectivity index (χ0n) is 12.2. The smallest absolute Gasteiger partial charge is 0.0846 e. The predicted molar refractivity (Wildman–Crippen MR) is 73.8 cm³/mol. The molecule has 0 aromatic rings. The number of methoxy groups -OCH3 is 1. The molecular formula is C15H29NO2. The molecule has 3 heteroatoms. The van der Waals surface area contributed by atoms with E-state index < -0.39 is 0 Å². The Bertz CT molecular complexity index is 251. The van der Waals surface area contributed by atoms with Gasteiger partial charge in [-0.25, -0.2) is 0 Å². The molecule has 18 heavy (non-hydrogen) atoms.